The van der Waals surface area contributed by atoms with E-state index in [4.69, 9.17) is 13.9 Å². The van der Waals surface area contributed by atoms with Crippen LogP contribution in [0.15, 0.2) is 40.8 Å². The van der Waals surface area contributed by atoms with Crippen LogP contribution in [0.3, 0.4) is 0 Å². The highest BCUT2D eigenvalue weighted by Gasteiger charge is 2.25. The molecule has 7 heteroatoms. The van der Waals surface area contributed by atoms with E-state index in [0.29, 0.717) is 26.4 Å². The average Bonchev–Trinajstić information content (AvgIpc) is 3.09. The number of carbonyl (C=O) groups is 1. The summed E-state index contributed by atoms with van der Waals surface area (Å²) < 4.78 is 16.4. The summed E-state index contributed by atoms with van der Waals surface area (Å²) >= 11 is 0. The molecule has 27 heavy (non-hydrogen) atoms. The van der Waals surface area contributed by atoms with Gasteiger partial charge >= 0.3 is 6.03 Å². The maximum Gasteiger partial charge on any atom is 0.319 e. The molecule has 2 heterocycles. The van der Waals surface area contributed by atoms with E-state index < -0.39 is 0 Å². The molecule has 0 aliphatic carbocycles. The van der Waals surface area contributed by atoms with Gasteiger partial charge in [0.05, 0.1) is 25.9 Å². The Labute approximate surface area is 159 Å². The maximum absolute atomic E-state index is 12.4. The van der Waals surface area contributed by atoms with E-state index in [0.717, 1.165) is 35.9 Å². The summed E-state index contributed by atoms with van der Waals surface area (Å²) in [6.07, 6.45) is 0. The number of nitrogens with zero attached hydrogens (tertiary/aromatic N) is 1. The number of furan rings is 1. The highest BCUT2D eigenvalue weighted by atomic mass is 16.5. The first kappa shape index (κ1) is 19.4. The number of benzene rings is 1. The summed E-state index contributed by atoms with van der Waals surface area (Å²) in [4.78, 5) is 14.7. The molecule has 146 valence electrons. The minimum atomic E-state index is -0.244. The van der Waals surface area contributed by atoms with E-state index in [1.165, 1.54) is 0 Å². The van der Waals surface area contributed by atoms with Gasteiger partial charge in [0.15, 0.2) is 0 Å². The number of hydrogen-bond donors (Lipinski definition) is 2. The smallest absolute Gasteiger partial charge is 0.319 e. The lowest BCUT2D eigenvalue weighted by atomic mass is 10.1. The van der Waals surface area contributed by atoms with Gasteiger partial charge in [-0.25, -0.2) is 4.79 Å². The molecule has 3 rings (SSSR count). The first-order valence-electron chi connectivity index (χ1n) is 9.16. The van der Waals surface area contributed by atoms with Crippen LogP contribution >= 0.6 is 0 Å². The van der Waals surface area contributed by atoms with Gasteiger partial charge < -0.3 is 24.5 Å². The molecule has 2 N–H and O–H groups in total. The van der Waals surface area contributed by atoms with Crippen molar-refractivity contribution < 1.29 is 18.7 Å². The molecule has 7 nitrogen and oxygen atoms in total. The fourth-order valence-electron chi connectivity index (χ4n) is 3.20. The Morgan fingerprint density at radius 1 is 1.26 bits per heavy atom. The Balaban J connectivity index is 1.60. The molecule has 1 saturated heterocycles. The second-order valence-electron chi connectivity index (χ2n) is 6.58. The van der Waals surface area contributed by atoms with Crippen molar-refractivity contribution in [3.8, 4) is 0 Å². The molecule has 1 aliphatic heterocycles. The van der Waals surface area contributed by atoms with Gasteiger partial charge in [-0.05, 0) is 36.8 Å². The first-order chi connectivity index (χ1) is 13.2. The lowest BCUT2D eigenvalue weighted by molar-refractivity contribution is 0.0122. The zero-order valence-electron chi connectivity index (χ0n) is 15.9. The lowest BCUT2D eigenvalue weighted by Crippen LogP contribution is -2.44. The minimum Gasteiger partial charge on any atom is -0.465 e. The van der Waals surface area contributed by atoms with Crippen molar-refractivity contribution in [1.82, 2.24) is 10.2 Å². The lowest BCUT2D eigenvalue weighted by Gasteiger charge is -2.33. The second-order valence-corrected chi connectivity index (χ2v) is 6.58. The predicted molar refractivity (Wildman–Crippen MR) is 103 cm³/mol. The maximum atomic E-state index is 12.4. The van der Waals surface area contributed by atoms with Crippen LogP contribution in [-0.2, 0) is 16.1 Å². The molecule has 1 aromatic heterocycles. The molecule has 1 atom stereocenters. The molecular formula is C20H27N3O4. The predicted octanol–water partition coefficient (Wildman–Crippen LogP) is 2.93. The van der Waals surface area contributed by atoms with E-state index >= 15 is 0 Å². The monoisotopic (exact) mass is 373 g/mol. The number of methoxy groups -OCH3 is 1. The van der Waals surface area contributed by atoms with Gasteiger partial charge in [0.2, 0.25) is 0 Å². The third kappa shape index (κ3) is 5.56. The zero-order valence-corrected chi connectivity index (χ0v) is 15.9. The summed E-state index contributed by atoms with van der Waals surface area (Å²) in [5.74, 6) is 1.72. The fraction of sp³-hybridized carbons (Fsp3) is 0.450. The summed E-state index contributed by atoms with van der Waals surface area (Å²) in [5.41, 5.74) is 1.74. The zero-order chi connectivity index (χ0) is 19.1. The molecule has 0 bridgehead atoms. The summed E-state index contributed by atoms with van der Waals surface area (Å²) in [6.45, 7) is 5.89. The normalized spacial score (nSPS) is 16.1. The van der Waals surface area contributed by atoms with Crippen LogP contribution in [0.5, 0.6) is 0 Å². The Morgan fingerprint density at radius 3 is 2.78 bits per heavy atom. The summed E-state index contributed by atoms with van der Waals surface area (Å²) in [7, 11) is 1.65. The van der Waals surface area contributed by atoms with E-state index in [2.05, 4.69) is 15.5 Å². The highest BCUT2D eigenvalue weighted by Crippen LogP contribution is 2.23. The van der Waals surface area contributed by atoms with Crippen LogP contribution in [0.4, 0.5) is 10.5 Å². The Kier molecular flexibility index (Phi) is 6.86. The number of hydrogen-bond acceptors (Lipinski definition) is 5. The second kappa shape index (κ2) is 9.55. The van der Waals surface area contributed by atoms with Crippen LogP contribution in [0.25, 0.3) is 0 Å². The van der Waals surface area contributed by atoms with E-state index in [1.807, 2.05) is 43.3 Å². The van der Waals surface area contributed by atoms with E-state index in [1.54, 1.807) is 7.11 Å². The molecule has 1 aliphatic rings. The summed E-state index contributed by atoms with van der Waals surface area (Å²) in [5, 5.41) is 5.84. The van der Waals surface area contributed by atoms with Gasteiger partial charge in [-0.2, -0.15) is 0 Å². The molecule has 1 fully saturated rings. The summed E-state index contributed by atoms with van der Waals surface area (Å²) in [6, 6.07) is 11.3. The highest BCUT2D eigenvalue weighted by molar-refractivity contribution is 5.89. The first-order valence-corrected chi connectivity index (χ1v) is 9.16. The number of carbonyl (C=O) groups excluding carboxylic acids is 1. The van der Waals surface area contributed by atoms with Crippen molar-refractivity contribution in [3.05, 3.63) is 53.5 Å². The van der Waals surface area contributed by atoms with Gasteiger partial charge in [-0.1, -0.05) is 12.1 Å². The van der Waals surface area contributed by atoms with Crippen LogP contribution in [0, 0.1) is 6.92 Å². The molecular weight excluding hydrogens is 346 g/mol. The number of urea groups is 1. The Morgan fingerprint density at radius 2 is 2.07 bits per heavy atom. The SMILES string of the molecule is COCc1cccc(NC(=O)NCC(c2ccc(C)o2)N2CCOCC2)c1. The average molecular weight is 373 g/mol. The number of anilines is 1. The van der Waals surface area contributed by atoms with Crippen LogP contribution in [0.1, 0.15) is 23.1 Å². The van der Waals surface area contributed by atoms with Crippen LogP contribution < -0.4 is 10.6 Å². The van der Waals surface area contributed by atoms with Crippen molar-refractivity contribution in [3.63, 3.8) is 0 Å². The van der Waals surface area contributed by atoms with Gasteiger partial charge in [-0.15, -0.1) is 0 Å². The van der Waals surface area contributed by atoms with Crippen LogP contribution in [-0.4, -0.2) is 50.9 Å². The van der Waals surface area contributed by atoms with Crippen LogP contribution in [0.2, 0.25) is 0 Å². The van der Waals surface area contributed by atoms with E-state index in [9.17, 15) is 4.79 Å². The van der Waals surface area contributed by atoms with Gasteiger partial charge in [-0.3, -0.25) is 4.90 Å². The number of aryl methyl sites for hydroxylation is 1. The van der Waals surface area contributed by atoms with Gasteiger partial charge in [0.25, 0.3) is 0 Å². The van der Waals surface area contributed by atoms with E-state index in [-0.39, 0.29) is 12.1 Å². The number of morpholine rings is 1. The largest absolute Gasteiger partial charge is 0.465 e. The Bertz CT molecular complexity index is 740. The van der Waals surface area contributed by atoms with Crippen molar-refractivity contribution in [2.24, 2.45) is 0 Å². The third-order valence-electron chi connectivity index (χ3n) is 4.53. The topological polar surface area (TPSA) is 76.0 Å². The number of rotatable bonds is 7. The molecule has 0 radical (unpaired) electrons. The van der Waals surface area contributed by atoms with Crippen molar-refractivity contribution in [2.75, 3.05) is 45.3 Å². The van der Waals surface area contributed by atoms with Gasteiger partial charge in [0, 0.05) is 32.4 Å². The molecule has 1 aromatic carbocycles. The fourth-order valence-corrected chi connectivity index (χ4v) is 3.20. The minimum absolute atomic E-state index is 0.0202. The molecule has 2 aromatic rings. The van der Waals surface area contributed by atoms with Crippen molar-refractivity contribution >= 4 is 11.7 Å². The molecule has 0 spiro atoms. The number of amides is 2. The molecule has 0 saturated carbocycles. The number of nitrogens with one attached hydrogen (secondary N) is 2. The van der Waals surface area contributed by atoms with Crippen molar-refractivity contribution in [2.45, 2.75) is 19.6 Å². The molecule has 2 amide bonds. The standard InChI is InChI=1S/C20H27N3O4/c1-15-6-7-19(27-15)18(23-8-10-26-11-9-23)13-21-20(24)22-17-5-3-4-16(12-17)14-25-2/h3-7,12,18H,8-11,13-14H2,1-2H3,(H2,21,22,24). The van der Waals surface area contributed by atoms with Gasteiger partial charge in [0.1, 0.15) is 11.5 Å². The number of ether oxygens (including phenoxy) is 2. The Hall–Kier alpha value is -2.35. The quantitative estimate of drug-likeness (QED) is 0.780. The molecule has 1 unspecified atom stereocenters. The van der Waals surface area contributed by atoms with Crippen molar-refractivity contribution in [1.29, 1.82) is 0 Å². The third-order valence-corrected chi connectivity index (χ3v) is 4.53.